The van der Waals surface area contributed by atoms with Gasteiger partial charge in [0.15, 0.2) is 0 Å². The van der Waals surface area contributed by atoms with Gasteiger partial charge in [0.2, 0.25) is 5.91 Å². The van der Waals surface area contributed by atoms with E-state index in [1.54, 1.807) is 41.0 Å². The molecule has 2 aliphatic heterocycles. The van der Waals surface area contributed by atoms with E-state index in [0.717, 1.165) is 25.7 Å². The minimum Gasteiger partial charge on any atom is -0.466 e. The largest absolute Gasteiger partial charge is 0.466 e. The first kappa shape index (κ1) is 23.1. The van der Waals surface area contributed by atoms with E-state index >= 15 is 0 Å². The number of carbonyl (C=O) groups excluding carboxylic acids is 3. The molecule has 174 valence electrons. The van der Waals surface area contributed by atoms with Crippen LogP contribution in [-0.4, -0.2) is 65.7 Å². The van der Waals surface area contributed by atoms with Crippen molar-refractivity contribution >= 4 is 29.4 Å². The van der Waals surface area contributed by atoms with Gasteiger partial charge >= 0.3 is 5.97 Å². The number of ether oxygens (including phenoxy) is 2. The fraction of sp³-hybridized carbons (Fsp3) is 0.625. The summed E-state index contributed by atoms with van der Waals surface area (Å²) in [5, 5.41) is 0.477. The molecule has 4 rings (SSSR count). The highest BCUT2D eigenvalue weighted by Gasteiger charge is 2.54. The zero-order valence-corrected chi connectivity index (χ0v) is 19.3. The highest BCUT2D eigenvalue weighted by Crippen LogP contribution is 2.42. The molecular formula is C24H31ClN2O5. The molecule has 1 saturated carbocycles. The standard InChI is InChI=1S/C24H31ClN2O5/c1-2-31-23(30)18-9-7-13-26(15-18)22(29)20-16-32-24(11-4-3-5-12-24)27(20)21(28)17-8-6-10-19(25)14-17/h6,8,10,14,18,20H,2-5,7,9,11-13,15-16H2,1H3/t18-,20-/m0/s1. The van der Waals surface area contributed by atoms with Gasteiger partial charge in [0, 0.05) is 23.7 Å². The Labute approximate surface area is 194 Å². The van der Waals surface area contributed by atoms with Crippen LogP contribution in [0.15, 0.2) is 24.3 Å². The molecule has 0 radical (unpaired) electrons. The lowest BCUT2D eigenvalue weighted by atomic mass is 9.89. The third kappa shape index (κ3) is 4.50. The first-order chi connectivity index (χ1) is 15.4. The van der Waals surface area contributed by atoms with Gasteiger partial charge in [-0.05, 0) is 63.6 Å². The molecule has 1 aliphatic carbocycles. The van der Waals surface area contributed by atoms with Crippen molar-refractivity contribution in [3.63, 3.8) is 0 Å². The van der Waals surface area contributed by atoms with Gasteiger partial charge in [0.05, 0.1) is 19.1 Å². The van der Waals surface area contributed by atoms with Crippen molar-refractivity contribution in [2.24, 2.45) is 5.92 Å². The van der Waals surface area contributed by atoms with Crippen LogP contribution < -0.4 is 0 Å². The van der Waals surface area contributed by atoms with Gasteiger partial charge in [0.1, 0.15) is 11.8 Å². The van der Waals surface area contributed by atoms with E-state index in [2.05, 4.69) is 0 Å². The SMILES string of the molecule is CCOC(=O)[C@H]1CCCN(C(=O)[C@@H]2COC3(CCCCC3)N2C(=O)c2cccc(Cl)c2)C1. The van der Waals surface area contributed by atoms with E-state index in [0.29, 0.717) is 49.5 Å². The number of likely N-dealkylation sites (tertiary alicyclic amines) is 1. The molecule has 32 heavy (non-hydrogen) atoms. The first-order valence-corrected chi connectivity index (χ1v) is 12.0. The smallest absolute Gasteiger partial charge is 0.310 e. The van der Waals surface area contributed by atoms with Crippen molar-refractivity contribution in [1.82, 2.24) is 9.80 Å². The zero-order valence-electron chi connectivity index (χ0n) is 18.6. The second-order valence-corrected chi connectivity index (χ2v) is 9.33. The number of hydrogen-bond donors (Lipinski definition) is 0. The Bertz CT molecular complexity index is 870. The van der Waals surface area contributed by atoms with Crippen LogP contribution in [0.5, 0.6) is 0 Å². The number of hydrogen-bond acceptors (Lipinski definition) is 5. The normalized spacial score (nSPS) is 25.1. The third-order valence-electron chi connectivity index (χ3n) is 6.82. The highest BCUT2D eigenvalue weighted by molar-refractivity contribution is 6.31. The van der Waals surface area contributed by atoms with Gasteiger partial charge in [-0.3, -0.25) is 19.3 Å². The Hall–Kier alpha value is -2.12. The molecule has 8 heteroatoms. The van der Waals surface area contributed by atoms with Crippen molar-refractivity contribution in [3.05, 3.63) is 34.9 Å². The Kier molecular flexibility index (Phi) is 7.05. The quantitative estimate of drug-likeness (QED) is 0.638. The number of nitrogens with zero attached hydrogens (tertiary/aromatic N) is 2. The summed E-state index contributed by atoms with van der Waals surface area (Å²) in [6, 6.07) is 6.12. The van der Waals surface area contributed by atoms with Crippen molar-refractivity contribution in [1.29, 1.82) is 0 Å². The van der Waals surface area contributed by atoms with E-state index in [9.17, 15) is 14.4 Å². The molecule has 2 atom stereocenters. The number of benzene rings is 1. The second-order valence-electron chi connectivity index (χ2n) is 8.89. The maximum absolute atomic E-state index is 13.7. The highest BCUT2D eigenvalue weighted by atomic mass is 35.5. The van der Waals surface area contributed by atoms with E-state index in [4.69, 9.17) is 21.1 Å². The van der Waals surface area contributed by atoms with Crippen LogP contribution in [0.25, 0.3) is 0 Å². The number of rotatable bonds is 4. The second kappa shape index (κ2) is 9.79. The van der Waals surface area contributed by atoms with Crippen LogP contribution in [0.2, 0.25) is 5.02 Å². The summed E-state index contributed by atoms with van der Waals surface area (Å²) in [5.74, 6) is -0.972. The van der Waals surface area contributed by atoms with Gasteiger partial charge in [-0.1, -0.05) is 24.1 Å². The van der Waals surface area contributed by atoms with Gasteiger partial charge in [-0.2, -0.15) is 0 Å². The lowest BCUT2D eigenvalue weighted by Crippen LogP contribution is -2.58. The Morgan fingerprint density at radius 3 is 2.69 bits per heavy atom. The van der Waals surface area contributed by atoms with Crippen LogP contribution >= 0.6 is 11.6 Å². The number of piperidine rings is 1. The molecule has 2 amide bonds. The first-order valence-electron chi connectivity index (χ1n) is 11.6. The molecule has 0 unspecified atom stereocenters. The molecule has 0 bridgehead atoms. The topological polar surface area (TPSA) is 76.2 Å². The molecule has 7 nitrogen and oxygen atoms in total. The van der Waals surface area contributed by atoms with Crippen LogP contribution in [0.4, 0.5) is 0 Å². The molecular weight excluding hydrogens is 432 g/mol. The lowest BCUT2D eigenvalue weighted by Gasteiger charge is -2.42. The molecule has 1 aromatic carbocycles. The number of halogens is 1. The van der Waals surface area contributed by atoms with E-state index < -0.39 is 11.8 Å². The molecule has 2 heterocycles. The molecule has 2 saturated heterocycles. The zero-order chi connectivity index (χ0) is 22.7. The Balaban J connectivity index is 1.59. The molecule has 0 aromatic heterocycles. The summed E-state index contributed by atoms with van der Waals surface area (Å²) in [5.41, 5.74) is -0.303. The minimum atomic E-state index is -0.756. The molecule has 1 aromatic rings. The summed E-state index contributed by atoms with van der Waals surface area (Å²) in [6.07, 6.45) is 5.87. The summed E-state index contributed by atoms with van der Waals surface area (Å²) in [6.45, 7) is 3.16. The van der Waals surface area contributed by atoms with E-state index in [1.165, 1.54) is 0 Å². The molecule has 3 fully saturated rings. The predicted molar refractivity (Wildman–Crippen MR) is 119 cm³/mol. The molecule has 1 spiro atoms. The van der Waals surface area contributed by atoms with Crippen molar-refractivity contribution in [2.45, 2.75) is 63.6 Å². The predicted octanol–water partition coefficient (Wildman–Crippen LogP) is 3.64. The van der Waals surface area contributed by atoms with Crippen LogP contribution in [0.1, 0.15) is 62.2 Å². The van der Waals surface area contributed by atoms with E-state index in [-0.39, 0.29) is 30.3 Å². The lowest BCUT2D eigenvalue weighted by molar-refractivity contribution is -0.152. The summed E-state index contributed by atoms with van der Waals surface area (Å²) in [7, 11) is 0. The van der Waals surface area contributed by atoms with Crippen LogP contribution in [0, 0.1) is 5.92 Å². The number of esters is 1. The monoisotopic (exact) mass is 462 g/mol. The minimum absolute atomic E-state index is 0.156. The summed E-state index contributed by atoms with van der Waals surface area (Å²) < 4.78 is 11.4. The third-order valence-corrected chi connectivity index (χ3v) is 7.06. The average molecular weight is 463 g/mol. The number of carbonyl (C=O) groups is 3. The van der Waals surface area contributed by atoms with E-state index in [1.807, 2.05) is 0 Å². The maximum Gasteiger partial charge on any atom is 0.310 e. The fourth-order valence-electron chi connectivity index (χ4n) is 5.26. The van der Waals surface area contributed by atoms with Gasteiger partial charge in [-0.15, -0.1) is 0 Å². The van der Waals surface area contributed by atoms with Crippen molar-refractivity contribution in [3.8, 4) is 0 Å². The van der Waals surface area contributed by atoms with Crippen LogP contribution in [-0.2, 0) is 19.1 Å². The Morgan fingerprint density at radius 1 is 1.19 bits per heavy atom. The van der Waals surface area contributed by atoms with Gasteiger partial charge in [0.25, 0.3) is 5.91 Å². The van der Waals surface area contributed by atoms with Crippen molar-refractivity contribution in [2.75, 3.05) is 26.3 Å². The average Bonchev–Trinajstić information content (AvgIpc) is 3.16. The van der Waals surface area contributed by atoms with Gasteiger partial charge < -0.3 is 14.4 Å². The molecule has 0 N–H and O–H groups in total. The van der Waals surface area contributed by atoms with Crippen LogP contribution in [0.3, 0.4) is 0 Å². The summed E-state index contributed by atoms with van der Waals surface area (Å²) in [4.78, 5) is 42.9. The maximum atomic E-state index is 13.7. The summed E-state index contributed by atoms with van der Waals surface area (Å²) >= 11 is 6.14. The molecule has 3 aliphatic rings. The van der Waals surface area contributed by atoms with Crippen molar-refractivity contribution < 1.29 is 23.9 Å². The van der Waals surface area contributed by atoms with Gasteiger partial charge in [-0.25, -0.2) is 0 Å². The fourth-order valence-corrected chi connectivity index (χ4v) is 5.45. The number of amides is 2. The Morgan fingerprint density at radius 2 is 1.97 bits per heavy atom.